The monoisotopic (exact) mass is 239 g/mol. The third kappa shape index (κ3) is 3.28. The molecular formula is C13H22NOP. The second kappa shape index (κ2) is 6.34. The zero-order valence-electron chi connectivity index (χ0n) is 10.6. The van der Waals surface area contributed by atoms with E-state index in [1.165, 1.54) is 5.56 Å². The third-order valence-corrected chi connectivity index (χ3v) is 4.25. The van der Waals surface area contributed by atoms with Crippen molar-refractivity contribution in [2.24, 2.45) is 0 Å². The van der Waals surface area contributed by atoms with E-state index in [1.54, 1.807) is 7.11 Å². The molecule has 0 aliphatic carbocycles. The first-order valence-corrected chi connectivity index (χ1v) is 7.18. The van der Waals surface area contributed by atoms with Crippen molar-refractivity contribution >= 4 is 8.58 Å². The highest BCUT2D eigenvalue weighted by molar-refractivity contribution is 7.37. The molecule has 0 aliphatic heterocycles. The van der Waals surface area contributed by atoms with Crippen molar-refractivity contribution in [3.05, 3.63) is 35.9 Å². The summed E-state index contributed by atoms with van der Waals surface area (Å²) in [6.07, 6.45) is 0.999. The minimum atomic E-state index is -0.00898. The lowest BCUT2D eigenvalue weighted by atomic mass is 9.89. The van der Waals surface area contributed by atoms with Crippen molar-refractivity contribution in [3.8, 4) is 0 Å². The second-order valence-electron chi connectivity index (χ2n) is 4.17. The second-order valence-corrected chi connectivity index (χ2v) is 5.39. The fourth-order valence-electron chi connectivity index (χ4n) is 1.84. The van der Waals surface area contributed by atoms with Crippen LogP contribution in [0.15, 0.2) is 30.3 Å². The molecule has 0 amide bonds. The molecule has 0 aromatic heterocycles. The quantitative estimate of drug-likeness (QED) is 0.771. The van der Waals surface area contributed by atoms with Gasteiger partial charge in [0.25, 0.3) is 0 Å². The van der Waals surface area contributed by atoms with E-state index in [0.717, 1.165) is 15.0 Å². The van der Waals surface area contributed by atoms with E-state index < -0.39 is 0 Å². The Labute approximate surface area is 101 Å². The Morgan fingerprint density at radius 2 is 2.00 bits per heavy atom. The van der Waals surface area contributed by atoms with Crippen molar-refractivity contribution in [3.63, 3.8) is 0 Å². The first kappa shape index (κ1) is 13.6. The molecule has 1 N–H and O–H groups in total. The van der Waals surface area contributed by atoms with Crippen LogP contribution in [0.1, 0.15) is 18.9 Å². The fraction of sp³-hybridized carbons (Fsp3) is 0.538. The lowest BCUT2D eigenvalue weighted by Gasteiger charge is -2.33. The summed E-state index contributed by atoms with van der Waals surface area (Å²) in [4.78, 5) is 0. The summed E-state index contributed by atoms with van der Waals surface area (Å²) < 4.78 is 5.49. The first-order valence-electron chi connectivity index (χ1n) is 5.61. The van der Waals surface area contributed by atoms with Crippen LogP contribution in [0.4, 0.5) is 0 Å². The maximum absolute atomic E-state index is 5.49. The molecule has 16 heavy (non-hydrogen) atoms. The van der Waals surface area contributed by atoms with Crippen LogP contribution >= 0.6 is 8.58 Å². The highest BCUT2D eigenvalue weighted by Gasteiger charge is 2.27. The molecule has 1 rings (SSSR count). The molecule has 0 saturated heterocycles. The maximum atomic E-state index is 5.49. The highest BCUT2D eigenvalue weighted by Crippen LogP contribution is 2.31. The van der Waals surface area contributed by atoms with Gasteiger partial charge in [-0.1, -0.05) is 38.9 Å². The van der Waals surface area contributed by atoms with Crippen LogP contribution in [0.2, 0.25) is 0 Å². The smallest absolute Gasteiger partial charge is 0.0751 e. The summed E-state index contributed by atoms with van der Waals surface area (Å²) in [7, 11) is 4.61. The Morgan fingerprint density at radius 3 is 2.44 bits per heavy atom. The lowest BCUT2D eigenvalue weighted by molar-refractivity contribution is 0.133. The summed E-state index contributed by atoms with van der Waals surface area (Å²) in [5.41, 5.74) is 1.31. The Kier molecular flexibility index (Phi) is 5.40. The maximum Gasteiger partial charge on any atom is 0.0751 e. The van der Waals surface area contributed by atoms with E-state index in [0.29, 0.717) is 5.85 Å². The van der Waals surface area contributed by atoms with Gasteiger partial charge in [0.05, 0.1) is 5.85 Å². The number of rotatable bonds is 6. The molecule has 0 radical (unpaired) electrons. The molecule has 2 nitrogen and oxygen atoms in total. The molecule has 0 heterocycles. The molecule has 0 saturated carbocycles. The number of nitrogens with one attached hydrogen (secondary N) is 1. The van der Waals surface area contributed by atoms with Crippen molar-refractivity contribution in [2.75, 3.05) is 20.8 Å². The summed E-state index contributed by atoms with van der Waals surface area (Å²) in [5.74, 6) is 0.331. The van der Waals surface area contributed by atoms with Crippen LogP contribution in [0.3, 0.4) is 0 Å². The number of ether oxygens (including phenoxy) is 1. The summed E-state index contributed by atoms with van der Waals surface area (Å²) in [6, 6.07) is 10.6. The molecule has 0 spiro atoms. The molecule has 0 fully saturated rings. The molecule has 1 aromatic carbocycles. The SMILES string of the molecule is CNC(C)(CC(OC)PC)c1ccccc1. The Hall–Kier alpha value is -0.430. The predicted molar refractivity (Wildman–Crippen MR) is 72.5 cm³/mol. The van der Waals surface area contributed by atoms with Gasteiger partial charge in [-0.2, -0.15) is 0 Å². The van der Waals surface area contributed by atoms with Gasteiger partial charge in [-0.05, 0) is 32.6 Å². The summed E-state index contributed by atoms with van der Waals surface area (Å²) in [5, 5.41) is 3.42. The van der Waals surface area contributed by atoms with E-state index in [1.807, 2.05) is 7.05 Å². The standard InChI is InChI=1S/C13H22NOP/c1-13(14-2,10-12(15-3)16-4)11-8-6-5-7-9-11/h5-9,12,14,16H,10H2,1-4H3. The van der Waals surface area contributed by atoms with Crippen LogP contribution in [0.5, 0.6) is 0 Å². The van der Waals surface area contributed by atoms with E-state index in [4.69, 9.17) is 4.74 Å². The number of hydrogen-bond donors (Lipinski definition) is 1. The Balaban J connectivity index is 2.85. The van der Waals surface area contributed by atoms with Crippen molar-refractivity contribution in [1.29, 1.82) is 0 Å². The molecule has 3 unspecified atom stereocenters. The predicted octanol–water partition coefficient (Wildman–Crippen LogP) is 2.79. The summed E-state index contributed by atoms with van der Waals surface area (Å²) in [6.45, 7) is 4.42. The van der Waals surface area contributed by atoms with Gasteiger partial charge in [0.1, 0.15) is 0 Å². The number of hydrogen-bond acceptors (Lipinski definition) is 2. The first-order chi connectivity index (χ1) is 7.66. The number of benzene rings is 1. The average Bonchev–Trinajstić information content (AvgIpc) is 2.36. The van der Waals surface area contributed by atoms with E-state index in [2.05, 4.69) is 49.2 Å². The highest BCUT2D eigenvalue weighted by atomic mass is 31.1. The van der Waals surface area contributed by atoms with Gasteiger partial charge in [0.15, 0.2) is 0 Å². The van der Waals surface area contributed by atoms with Crippen molar-refractivity contribution in [1.82, 2.24) is 5.32 Å². The largest absolute Gasteiger partial charge is 0.377 e. The van der Waals surface area contributed by atoms with E-state index in [9.17, 15) is 0 Å². The summed E-state index contributed by atoms with van der Waals surface area (Å²) >= 11 is 0. The molecule has 1 aromatic rings. The van der Waals surface area contributed by atoms with Crippen LogP contribution in [0.25, 0.3) is 0 Å². The van der Waals surface area contributed by atoms with Gasteiger partial charge in [-0.15, -0.1) is 0 Å². The van der Waals surface area contributed by atoms with E-state index in [-0.39, 0.29) is 5.54 Å². The van der Waals surface area contributed by atoms with Crippen LogP contribution in [-0.4, -0.2) is 26.7 Å². The molecule has 0 bridgehead atoms. The van der Waals surface area contributed by atoms with Crippen LogP contribution in [0, 0.1) is 0 Å². The van der Waals surface area contributed by atoms with Crippen molar-refractivity contribution in [2.45, 2.75) is 24.7 Å². The zero-order chi connectivity index (χ0) is 12.0. The normalized spacial score (nSPS) is 17.5. The molecule has 3 atom stereocenters. The molecular weight excluding hydrogens is 217 g/mol. The van der Waals surface area contributed by atoms with E-state index >= 15 is 0 Å². The van der Waals surface area contributed by atoms with Gasteiger partial charge in [0, 0.05) is 12.6 Å². The Bertz CT molecular complexity index is 300. The Morgan fingerprint density at radius 1 is 1.38 bits per heavy atom. The molecule has 0 aliphatic rings. The lowest BCUT2D eigenvalue weighted by Crippen LogP contribution is -2.39. The average molecular weight is 239 g/mol. The molecule has 90 valence electrons. The molecule has 3 heteroatoms. The van der Waals surface area contributed by atoms with Gasteiger partial charge in [0.2, 0.25) is 0 Å². The minimum absolute atomic E-state index is 0.00898. The zero-order valence-corrected chi connectivity index (χ0v) is 11.6. The number of methoxy groups -OCH3 is 1. The fourth-order valence-corrected chi connectivity index (χ4v) is 2.69. The van der Waals surface area contributed by atoms with Gasteiger partial charge >= 0.3 is 0 Å². The van der Waals surface area contributed by atoms with Gasteiger partial charge < -0.3 is 10.1 Å². The van der Waals surface area contributed by atoms with Crippen LogP contribution < -0.4 is 5.32 Å². The topological polar surface area (TPSA) is 21.3 Å². The van der Waals surface area contributed by atoms with Crippen molar-refractivity contribution < 1.29 is 4.74 Å². The van der Waals surface area contributed by atoms with Gasteiger partial charge in [-0.3, -0.25) is 0 Å². The minimum Gasteiger partial charge on any atom is -0.377 e. The third-order valence-electron chi connectivity index (χ3n) is 3.16. The van der Waals surface area contributed by atoms with Crippen LogP contribution in [-0.2, 0) is 10.3 Å². The van der Waals surface area contributed by atoms with Gasteiger partial charge in [-0.25, -0.2) is 0 Å².